The van der Waals surface area contributed by atoms with E-state index in [-0.39, 0.29) is 5.75 Å². The molecule has 2 rings (SSSR count). The first kappa shape index (κ1) is 24.2. The first-order valence-corrected chi connectivity index (χ1v) is 10.5. The lowest BCUT2D eigenvalue weighted by molar-refractivity contribution is -0.148. The third-order valence-corrected chi connectivity index (χ3v) is 5.02. The summed E-state index contributed by atoms with van der Waals surface area (Å²) >= 11 is 0. The van der Waals surface area contributed by atoms with Crippen LogP contribution in [0, 0.1) is 11.7 Å². The lowest BCUT2D eigenvalue weighted by Crippen LogP contribution is -2.41. The second-order valence-corrected chi connectivity index (χ2v) is 7.44. The molecule has 0 unspecified atom stereocenters. The summed E-state index contributed by atoms with van der Waals surface area (Å²) in [7, 11) is 0. The minimum absolute atomic E-state index is 0.233. The maximum Gasteiger partial charge on any atom is 0.401 e. The number of likely N-dealkylation sites (tertiary alicyclic amines) is 1. The zero-order valence-corrected chi connectivity index (χ0v) is 17.7. The van der Waals surface area contributed by atoms with Crippen molar-refractivity contribution in [3.05, 3.63) is 29.6 Å². The van der Waals surface area contributed by atoms with Crippen molar-refractivity contribution in [3.63, 3.8) is 0 Å². The van der Waals surface area contributed by atoms with Crippen molar-refractivity contribution in [2.75, 3.05) is 39.3 Å². The highest BCUT2D eigenvalue weighted by atomic mass is 19.4. The van der Waals surface area contributed by atoms with Crippen LogP contribution in [0.15, 0.2) is 23.2 Å². The summed E-state index contributed by atoms with van der Waals surface area (Å²) in [6.45, 7) is 6.04. The third kappa shape index (κ3) is 8.77. The smallest absolute Gasteiger partial charge is 0.401 e. The molecule has 0 aliphatic carbocycles. The molecule has 1 aromatic carbocycles. The molecule has 0 saturated carbocycles. The number of halogens is 4. The molecule has 0 aromatic heterocycles. The van der Waals surface area contributed by atoms with Crippen molar-refractivity contribution in [2.45, 2.75) is 45.8 Å². The molecule has 9 heteroatoms. The second-order valence-electron chi connectivity index (χ2n) is 7.44. The van der Waals surface area contributed by atoms with Crippen molar-refractivity contribution in [3.8, 4) is 5.75 Å². The van der Waals surface area contributed by atoms with Crippen LogP contribution < -0.4 is 15.4 Å². The number of ether oxygens (including phenoxy) is 1. The molecule has 1 fully saturated rings. The van der Waals surface area contributed by atoms with Crippen LogP contribution in [0.1, 0.15) is 38.7 Å². The van der Waals surface area contributed by atoms with E-state index < -0.39 is 18.5 Å². The minimum Gasteiger partial charge on any atom is -0.491 e. The molecular weight excluding hydrogens is 400 g/mol. The number of hydrogen-bond acceptors (Lipinski definition) is 3. The predicted molar refractivity (Wildman–Crippen MR) is 110 cm³/mol. The summed E-state index contributed by atoms with van der Waals surface area (Å²) in [6.07, 6.45) is -1.70. The number of nitrogens with one attached hydrogen (secondary N) is 2. The van der Waals surface area contributed by atoms with Crippen molar-refractivity contribution in [1.29, 1.82) is 0 Å². The number of hydrogen-bond donors (Lipinski definition) is 2. The Hall–Kier alpha value is -2.03. The number of benzene rings is 1. The average Bonchev–Trinajstić information content (AvgIpc) is 2.68. The molecule has 1 saturated heterocycles. The van der Waals surface area contributed by atoms with Gasteiger partial charge in [0.25, 0.3) is 0 Å². The van der Waals surface area contributed by atoms with Gasteiger partial charge in [0.2, 0.25) is 0 Å². The van der Waals surface area contributed by atoms with Gasteiger partial charge in [-0.2, -0.15) is 13.2 Å². The molecule has 30 heavy (non-hydrogen) atoms. The molecule has 1 heterocycles. The number of rotatable bonds is 9. The first-order chi connectivity index (χ1) is 14.3. The maximum absolute atomic E-state index is 14.0. The fourth-order valence-electron chi connectivity index (χ4n) is 3.51. The van der Waals surface area contributed by atoms with Crippen LogP contribution in [0.2, 0.25) is 0 Å². The van der Waals surface area contributed by atoms with Crippen molar-refractivity contribution >= 4 is 5.96 Å². The van der Waals surface area contributed by atoms with Gasteiger partial charge in [0.15, 0.2) is 17.5 Å². The Morgan fingerprint density at radius 2 is 1.93 bits per heavy atom. The molecule has 1 aliphatic rings. The van der Waals surface area contributed by atoms with E-state index in [1.54, 1.807) is 19.1 Å². The molecule has 1 aliphatic heterocycles. The molecule has 0 radical (unpaired) electrons. The minimum atomic E-state index is -4.13. The van der Waals surface area contributed by atoms with E-state index in [9.17, 15) is 17.6 Å². The lowest BCUT2D eigenvalue weighted by Gasteiger charge is -2.32. The Bertz CT molecular complexity index is 673. The Morgan fingerprint density at radius 3 is 2.53 bits per heavy atom. The van der Waals surface area contributed by atoms with E-state index in [1.807, 2.05) is 6.92 Å². The molecule has 2 N–H and O–H groups in total. The Labute approximate surface area is 175 Å². The fourth-order valence-corrected chi connectivity index (χ4v) is 3.51. The predicted octanol–water partition coefficient (Wildman–Crippen LogP) is 3.94. The SMILES string of the molecule is CCNC(=NCc1ccc(OCC)c(F)c1)NCCC1CCN(CC(F)(F)F)CC1. The monoisotopic (exact) mass is 432 g/mol. The van der Waals surface area contributed by atoms with E-state index in [0.29, 0.717) is 51.2 Å². The van der Waals surface area contributed by atoms with Gasteiger partial charge in [-0.1, -0.05) is 6.07 Å². The molecule has 0 amide bonds. The van der Waals surface area contributed by atoms with E-state index in [1.165, 1.54) is 11.0 Å². The van der Waals surface area contributed by atoms with Crippen LogP contribution in [-0.2, 0) is 6.54 Å². The molecule has 0 atom stereocenters. The lowest BCUT2D eigenvalue weighted by atomic mass is 9.93. The van der Waals surface area contributed by atoms with Crippen LogP contribution in [0.4, 0.5) is 17.6 Å². The topological polar surface area (TPSA) is 48.9 Å². The maximum atomic E-state index is 14.0. The summed E-state index contributed by atoms with van der Waals surface area (Å²) in [6, 6.07) is 4.82. The standard InChI is InChI=1S/C21H32F4N4O/c1-3-26-20(28-14-17-5-6-19(30-4-2)18(22)13-17)27-10-7-16-8-11-29(12-9-16)15-21(23,24)25/h5-6,13,16H,3-4,7-12,14-15H2,1-2H3,(H2,26,27,28). The average molecular weight is 433 g/mol. The van der Waals surface area contributed by atoms with Gasteiger partial charge in [-0.25, -0.2) is 9.38 Å². The first-order valence-electron chi connectivity index (χ1n) is 10.5. The second kappa shape index (κ2) is 12.0. The van der Waals surface area contributed by atoms with Crippen LogP contribution in [0.25, 0.3) is 0 Å². The van der Waals surface area contributed by atoms with Gasteiger partial charge in [0, 0.05) is 13.1 Å². The van der Waals surface area contributed by atoms with Crippen molar-refractivity contribution in [2.24, 2.45) is 10.9 Å². The van der Waals surface area contributed by atoms with Gasteiger partial charge in [-0.15, -0.1) is 0 Å². The zero-order valence-electron chi connectivity index (χ0n) is 17.7. The number of guanidine groups is 1. The van der Waals surface area contributed by atoms with E-state index in [4.69, 9.17) is 4.74 Å². The van der Waals surface area contributed by atoms with Gasteiger partial charge in [-0.3, -0.25) is 4.90 Å². The highest BCUT2D eigenvalue weighted by molar-refractivity contribution is 5.79. The van der Waals surface area contributed by atoms with Crippen LogP contribution in [-0.4, -0.2) is 56.4 Å². The number of piperidine rings is 1. The van der Waals surface area contributed by atoms with E-state index >= 15 is 0 Å². The Morgan fingerprint density at radius 1 is 1.20 bits per heavy atom. The van der Waals surface area contributed by atoms with Gasteiger partial charge < -0.3 is 15.4 Å². The molecule has 5 nitrogen and oxygen atoms in total. The summed E-state index contributed by atoms with van der Waals surface area (Å²) in [5.41, 5.74) is 0.741. The number of nitrogens with zero attached hydrogens (tertiary/aromatic N) is 2. The largest absolute Gasteiger partial charge is 0.491 e. The number of aliphatic imine (C=N–C) groups is 1. The normalized spacial score (nSPS) is 16.5. The van der Waals surface area contributed by atoms with Crippen molar-refractivity contribution < 1.29 is 22.3 Å². The molecular formula is C21H32F4N4O. The van der Waals surface area contributed by atoms with Gasteiger partial charge >= 0.3 is 6.18 Å². The third-order valence-electron chi connectivity index (χ3n) is 5.02. The van der Waals surface area contributed by atoms with Gasteiger partial charge in [0.05, 0.1) is 19.7 Å². The van der Waals surface area contributed by atoms with Crippen molar-refractivity contribution in [1.82, 2.24) is 15.5 Å². The van der Waals surface area contributed by atoms with Crippen LogP contribution >= 0.6 is 0 Å². The summed E-state index contributed by atoms with van der Waals surface area (Å²) in [5.74, 6) is 0.877. The van der Waals surface area contributed by atoms with Crippen LogP contribution in [0.3, 0.4) is 0 Å². The van der Waals surface area contributed by atoms with E-state index in [0.717, 1.165) is 24.8 Å². The summed E-state index contributed by atoms with van der Waals surface area (Å²) in [4.78, 5) is 5.97. The van der Waals surface area contributed by atoms with Gasteiger partial charge in [-0.05, 0) is 69.8 Å². The summed E-state index contributed by atoms with van der Waals surface area (Å²) < 4.78 is 56.6. The highest BCUT2D eigenvalue weighted by Crippen LogP contribution is 2.24. The fraction of sp³-hybridized carbons (Fsp3) is 0.667. The highest BCUT2D eigenvalue weighted by Gasteiger charge is 2.32. The quantitative estimate of drug-likeness (QED) is 0.353. The molecule has 1 aromatic rings. The van der Waals surface area contributed by atoms with E-state index in [2.05, 4.69) is 15.6 Å². The summed E-state index contributed by atoms with van der Waals surface area (Å²) in [5, 5.41) is 6.42. The molecule has 170 valence electrons. The van der Waals surface area contributed by atoms with Crippen LogP contribution in [0.5, 0.6) is 5.75 Å². The zero-order chi connectivity index (χ0) is 22.0. The van der Waals surface area contributed by atoms with Gasteiger partial charge in [0.1, 0.15) is 0 Å². The number of alkyl halides is 3. The Balaban J connectivity index is 1.77. The molecule has 0 bridgehead atoms. The molecule has 0 spiro atoms. The Kier molecular flexibility index (Phi) is 9.68.